The number of nitrogens with one attached hydrogen (secondary N) is 1. The molecule has 0 unspecified atom stereocenters. The van der Waals surface area contributed by atoms with E-state index < -0.39 is 11.7 Å². The summed E-state index contributed by atoms with van der Waals surface area (Å²) in [5, 5.41) is 2.42. The van der Waals surface area contributed by atoms with E-state index in [9.17, 15) is 18.0 Å². The molecule has 1 aromatic rings. The van der Waals surface area contributed by atoms with Crippen LogP contribution < -0.4 is 5.32 Å². The maximum atomic E-state index is 12.8. The topological polar surface area (TPSA) is 29.1 Å². The third-order valence-corrected chi connectivity index (χ3v) is 3.26. The van der Waals surface area contributed by atoms with Crippen LogP contribution in [-0.2, 0) is 11.0 Å². The molecule has 0 fully saturated rings. The molecule has 0 radical (unpaired) electrons. The Bertz CT molecular complexity index is 443. The number of anilines is 1. The van der Waals surface area contributed by atoms with Gasteiger partial charge in [0.25, 0.3) is 0 Å². The number of carbonyl (C=O) groups excluding carboxylic acids is 1. The fraction of sp³-hybridized carbons (Fsp3) is 0.533. The molecule has 1 atom stereocenters. The predicted octanol–water partition coefficient (Wildman–Crippen LogP) is 4.86. The standard InChI is InChI=1S/C15H20F3NO/c1-3-5-8-11(4-2)14(20)19-13-10-7-6-9-12(13)15(16,17)18/h6-7,9-11H,3-5,8H2,1-2H3,(H,19,20)/t11-/m1/s1. The molecule has 0 saturated heterocycles. The van der Waals surface area contributed by atoms with E-state index >= 15 is 0 Å². The normalized spacial score (nSPS) is 13.1. The molecule has 0 aliphatic rings. The van der Waals surface area contributed by atoms with Crippen molar-refractivity contribution in [3.05, 3.63) is 29.8 Å². The van der Waals surface area contributed by atoms with Crippen molar-refractivity contribution < 1.29 is 18.0 Å². The van der Waals surface area contributed by atoms with Crippen molar-refractivity contribution in [2.24, 2.45) is 5.92 Å². The summed E-state index contributed by atoms with van der Waals surface area (Å²) in [5.41, 5.74) is -0.973. The van der Waals surface area contributed by atoms with Crippen LogP contribution >= 0.6 is 0 Å². The molecule has 112 valence electrons. The first-order valence-electron chi connectivity index (χ1n) is 6.87. The van der Waals surface area contributed by atoms with Crippen LogP contribution in [-0.4, -0.2) is 5.91 Å². The van der Waals surface area contributed by atoms with Crippen LogP contribution in [0, 0.1) is 5.92 Å². The van der Waals surface area contributed by atoms with Gasteiger partial charge in [0.2, 0.25) is 5.91 Å². The Morgan fingerprint density at radius 2 is 1.90 bits per heavy atom. The summed E-state index contributed by atoms with van der Waals surface area (Å²) in [7, 11) is 0. The lowest BCUT2D eigenvalue weighted by molar-refractivity contribution is -0.137. The Kier molecular flexibility index (Phi) is 6.05. The van der Waals surface area contributed by atoms with Crippen LogP contribution in [0.2, 0.25) is 0 Å². The minimum absolute atomic E-state index is 0.167. The number of unbranched alkanes of at least 4 members (excludes halogenated alkanes) is 1. The summed E-state index contributed by atoms with van der Waals surface area (Å²) in [6, 6.07) is 5.06. The highest BCUT2D eigenvalue weighted by Crippen LogP contribution is 2.34. The Labute approximate surface area is 117 Å². The number of hydrogen-bond acceptors (Lipinski definition) is 1. The minimum atomic E-state index is -4.46. The van der Waals surface area contributed by atoms with Gasteiger partial charge in [0, 0.05) is 5.92 Å². The molecule has 1 aromatic carbocycles. The SMILES string of the molecule is CCCC[C@@H](CC)C(=O)Nc1ccccc1C(F)(F)F. The molecular weight excluding hydrogens is 267 g/mol. The monoisotopic (exact) mass is 287 g/mol. The zero-order chi connectivity index (χ0) is 15.2. The molecular formula is C15H20F3NO. The number of carbonyl (C=O) groups is 1. The predicted molar refractivity (Wildman–Crippen MR) is 73.4 cm³/mol. The maximum Gasteiger partial charge on any atom is 0.418 e. The molecule has 0 aromatic heterocycles. The van der Waals surface area contributed by atoms with Gasteiger partial charge in [-0.1, -0.05) is 38.8 Å². The fourth-order valence-corrected chi connectivity index (χ4v) is 2.05. The summed E-state index contributed by atoms with van der Waals surface area (Å²) in [4.78, 5) is 12.1. The molecule has 1 N–H and O–H groups in total. The lowest BCUT2D eigenvalue weighted by Crippen LogP contribution is -2.24. The molecule has 2 nitrogen and oxygen atoms in total. The van der Waals surface area contributed by atoms with E-state index in [-0.39, 0.29) is 17.5 Å². The molecule has 0 aliphatic heterocycles. The number of amides is 1. The van der Waals surface area contributed by atoms with Gasteiger partial charge >= 0.3 is 6.18 Å². The molecule has 5 heteroatoms. The second kappa shape index (κ2) is 7.31. The van der Waals surface area contributed by atoms with Crippen molar-refractivity contribution in [2.45, 2.75) is 45.7 Å². The summed E-state index contributed by atoms with van der Waals surface area (Å²) < 4.78 is 38.5. The lowest BCUT2D eigenvalue weighted by atomic mass is 9.98. The molecule has 0 saturated carbocycles. The van der Waals surface area contributed by atoms with E-state index in [1.165, 1.54) is 18.2 Å². The highest BCUT2D eigenvalue weighted by atomic mass is 19.4. The second-order valence-electron chi connectivity index (χ2n) is 4.78. The van der Waals surface area contributed by atoms with Gasteiger partial charge in [-0.15, -0.1) is 0 Å². The quantitative estimate of drug-likeness (QED) is 0.795. The van der Waals surface area contributed by atoms with Gasteiger partial charge in [-0.3, -0.25) is 4.79 Å². The molecule has 0 spiro atoms. The summed E-state index contributed by atoms with van der Waals surface area (Å²) >= 11 is 0. The van der Waals surface area contributed by atoms with Crippen LogP contribution in [0.15, 0.2) is 24.3 Å². The molecule has 20 heavy (non-hydrogen) atoms. The zero-order valence-electron chi connectivity index (χ0n) is 11.8. The van der Waals surface area contributed by atoms with Crippen LogP contribution in [0.3, 0.4) is 0 Å². The number of benzene rings is 1. The molecule has 0 aliphatic carbocycles. The van der Waals surface area contributed by atoms with Crippen molar-refractivity contribution >= 4 is 11.6 Å². The third-order valence-electron chi connectivity index (χ3n) is 3.26. The Balaban J connectivity index is 2.85. The summed E-state index contributed by atoms with van der Waals surface area (Å²) in [6.07, 6.45) is -1.28. The van der Waals surface area contributed by atoms with Gasteiger partial charge < -0.3 is 5.32 Å². The number of halogens is 3. The first kappa shape index (κ1) is 16.5. The molecule has 0 bridgehead atoms. The van der Waals surface area contributed by atoms with Crippen molar-refractivity contribution in [3.63, 3.8) is 0 Å². The van der Waals surface area contributed by atoms with E-state index in [1.54, 1.807) is 0 Å². The van der Waals surface area contributed by atoms with Gasteiger partial charge in [-0.25, -0.2) is 0 Å². The fourth-order valence-electron chi connectivity index (χ4n) is 2.05. The highest BCUT2D eigenvalue weighted by Gasteiger charge is 2.33. The van der Waals surface area contributed by atoms with E-state index in [0.717, 1.165) is 18.9 Å². The first-order chi connectivity index (χ1) is 9.40. The first-order valence-corrected chi connectivity index (χ1v) is 6.87. The smallest absolute Gasteiger partial charge is 0.325 e. The molecule has 0 heterocycles. The minimum Gasteiger partial charge on any atom is -0.325 e. The van der Waals surface area contributed by atoms with Gasteiger partial charge in [0.1, 0.15) is 0 Å². The Morgan fingerprint density at radius 3 is 2.45 bits per heavy atom. The van der Waals surface area contributed by atoms with Crippen LogP contribution in [0.5, 0.6) is 0 Å². The van der Waals surface area contributed by atoms with Gasteiger partial charge in [0.15, 0.2) is 0 Å². The lowest BCUT2D eigenvalue weighted by Gasteiger charge is -2.17. The van der Waals surface area contributed by atoms with Crippen LogP contribution in [0.1, 0.15) is 45.1 Å². The van der Waals surface area contributed by atoms with Gasteiger partial charge in [-0.05, 0) is 25.0 Å². The maximum absolute atomic E-state index is 12.8. The van der Waals surface area contributed by atoms with Gasteiger partial charge in [0.05, 0.1) is 11.3 Å². The van der Waals surface area contributed by atoms with E-state index in [4.69, 9.17) is 0 Å². The number of hydrogen-bond donors (Lipinski definition) is 1. The van der Waals surface area contributed by atoms with Gasteiger partial charge in [-0.2, -0.15) is 13.2 Å². The largest absolute Gasteiger partial charge is 0.418 e. The third kappa shape index (κ3) is 4.54. The molecule has 1 amide bonds. The van der Waals surface area contributed by atoms with Crippen LogP contribution in [0.4, 0.5) is 18.9 Å². The number of alkyl halides is 3. The Hall–Kier alpha value is -1.52. The van der Waals surface area contributed by atoms with E-state index in [1.807, 2.05) is 13.8 Å². The van der Waals surface area contributed by atoms with Crippen molar-refractivity contribution in [1.29, 1.82) is 0 Å². The average Bonchev–Trinajstić information content (AvgIpc) is 2.39. The summed E-state index contributed by atoms with van der Waals surface area (Å²) in [6.45, 7) is 3.89. The van der Waals surface area contributed by atoms with E-state index in [0.29, 0.717) is 12.8 Å². The second-order valence-corrected chi connectivity index (χ2v) is 4.78. The van der Waals surface area contributed by atoms with E-state index in [2.05, 4.69) is 5.32 Å². The highest BCUT2D eigenvalue weighted by molar-refractivity contribution is 5.93. The van der Waals surface area contributed by atoms with Crippen LogP contribution in [0.25, 0.3) is 0 Å². The van der Waals surface area contributed by atoms with Crippen molar-refractivity contribution in [2.75, 3.05) is 5.32 Å². The van der Waals surface area contributed by atoms with Crippen molar-refractivity contribution in [3.8, 4) is 0 Å². The number of para-hydroxylation sites is 1. The summed E-state index contributed by atoms with van der Waals surface area (Å²) in [5.74, 6) is -0.575. The zero-order valence-corrected chi connectivity index (χ0v) is 11.8. The molecule has 1 rings (SSSR count). The average molecular weight is 287 g/mol. The number of rotatable bonds is 6. The van der Waals surface area contributed by atoms with Crippen molar-refractivity contribution in [1.82, 2.24) is 0 Å². The Morgan fingerprint density at radius 1 is 1.25 bits per heavy atom.